The van der Waals surface area contributed by atoms with Crippen LogP contribution in [0.25, 0.3) is 0 Å². The van der Waals surface area contributed by atoms with Crippen LogP contribution in [0.4, 0.5) is 0 Å². The Kier molecular flexibility index (Phi) is 6.62. The van der Waals surface area contributed by atoms with E-state index in [4.69, 9.17) is 0 Å². The molecule has 0 unspecified atom stereocenters. The maximum absolute atomic E-state index is 13.4. The Morgan fingerprint density at radius 3 is 2.55 bits per heavy atom. The standard InChI is InChI=1S/C26H29N3O2S2/c1-19-17-27(12-13-29(19)24(30)16-21-8-5-14-32-21)25(31)18-28-11-9-23-22(10-15-33-23)26(28)20-6-3-2-4-7-20/h2-8,10,14-15,19,26H,9,11-13,16-18H2,1H3/t19-,26+/m0/s1. The molecule has 0 spiro atoms. The van der Waals surface area contributed by atoms with E-state index in [1.165, 1.54) is 16.0 Å². The summed E-state index contributed by atoms with van der Waals surface area (Å²) in [5.41, 5.74) is 2.57. The Hall–Kier alpha value is -2.48. The van der Waals surface area contributed by atoms with Crippen LogP contribution in [-0.2, 0) is 22.4 Å². The Bertz CT molecular complexity index is 1100. The zero-order valence-corrected chi connectivity index (χ0v) is 20.5. The van der Waals surface area contributed by atoms with Gasteiger partial charge in [-0.2, -0.15) is 0 Å². The molecule has 0 saturated carbocycles. The summed E-state index contributed by atoms with van der Waals surface area (Å²) >= 11 is 3.44. The van der Waals surface area contributed by atoms with Crippen LogP contribution in [0.2, 0.25) is 0 Å². The average Bonchev–Trinajstić information content (AvgIpc) is 3.51. The molecule has 0 aliphatic carbocycles. The monoisotopic (exact) mass is 479 g/mol. The first-order valence-electron chi connectivity index (χ1n) is 11.5. The second kappa shape index (κ2) is 9.79. The zero-order chi connectivity index (χ0) is 22.8. The van der Waals surface area contributed by atoms with Gasteiger partial charge in [0.25, 0.3) is 0 Å². The molecule has 2 atom stereocenters. The molecule has 3 aromatic rings. The number of rotatable bonds is 5. The number of benzene rings is 1. The molecule has 2 aromatic heterocycles. The lowest BCUT2D eigenvalue weighted by Gasteiger charge is -2.42. The van der Waals surface area contributed by atoms with Gasteiger partial charge < -0.3 is 9.80 Å². The Morgan fingerprint density at radius 2 is 1.79 bits per heavy atom. The minimum absolute atomic E-state index is 0.0323. The number of fused-ring (bicyclic) bond motifs is 1. The molecule has 1 aromatic carbocycles. The van der Waals surface area contributed by atoms with Crippen molar-refractivity contribution in [2.45, 2.75) is 31.8 Å². The van der Waals surface area contributed by atoms with Gasteiger partial charge >= 0.3 is 0 Å². The van der Waals surface area contributed by atoms with Crippen LogP contribution >= 0.6 is 22.7 Å². The molecule has 2 aliphatic heterocycles. The van der Waals surface area contributed by atoms with E-state index in [2.05, 4.69) is 47.5 Å². The lowest BCUT2D eigenvalue weighted by atomic mass is 9.93. The number of piperazine rings is 1. The van der Waals surface area contributed by atoms with E-state index in [1.54, 1.807) is 11.3 Å². The molecule has 2 aliphatic rings. The highest BCUT2D eigenvalue weighted by atomic mass is 32.1. The third-order valence-electron chi connectivity index (χ3n) is 6.73. The van der Waals surface area contributed by atoms with Gasteiger partial charge in [-0.3, -0.25) is 14.5 Å². The summed E-state index contributed by atoms with van der Waals surface area (Å²) in [6, 6.07) is 16.9. The summed E-state index contributed by atoms with van der Waals surface area (Å²) in [5.74, 6) is 0.314. The van der Waals surface area contributed by atoms with Crippen molar-refractivity contribution in [3.63, 3.8) is 0 Å². The Morgan fingerprint density at radius 1 is 0.939 bits per heavy atom. The van der Waals surface area contributed by atoms with Crippen LogP contribution in [0.1, 0.15) is 33.8 Å². The number of carbonyl (C=O) groups excluding carboxylic acids is 2. The van der Waals surface area contributed by atoms with Crippen molar-refractivity contribution < 1.29 is 9.59 Å². The van der Waals surface area contributed by atoms with Crippen molar-refractivity contribution in [3.8, 4) is 0 Å². The van der Waals surface area contributed by atoms with Crippen LogP contribution in [-0.4, -0.2) is 65.3 Å². The largest absolute Gasteiger partial charge is 0.338 e. The van der Waals surface area contributed by atoms with Crippen molar-refractivity contribution in [2.75, 3.05) is 32.7 Å². The van der Waals surface area contributed by atoms with Gasteiger partial charge in [0.2, 0.25) is 11.8 Å². The van der Waals surface area contributed by atoms with Gasteiger partial charge in [0.15, 0.2) is 0 Å². The number of amides is 2. The van der Waals surface area contributed by atoms with Crippen molar-refractivity contribution in [3.05, 3.63) is 80.2 Å². The Labute approximate surface area is 203 Å². The molecule has 0 bridgehead atoms. The van der Waals surface area contributed by atoms with Gasteiger partial charge in [-0.1, -0.05) is 36.4 Å². The van der Waals surface area contributed by atoms with Gasteiger partial charge in [-0.25, -0.2) is 0 Å². The molecule has 4 heterocycles. The van der Waals surface area contributed by atoms with Gasteiger partial charge in [0.1, 0.15) is 0 Å². The first kappa shape index (κ1) is 22.3. The molecule has 1 saturated heterocycles. The van der Waals surface area contributed by atoms with E-state index >= 15 is 0 Å². The third kappa shape index (κ3) is 4.76. The van der Waals surface area contributed by atoms with Crippen molar-refractivity contribution in [1.29, 1.82) is 0 Å². The summed E-state index contributed by atoms with van der Waals surface area (Å²) in [7, 11) is 0. The summed E-state index contributed by atoms with van der Waals surface area (Å²) in [6.07, 6.45) is 1.44. The second-order valence-electron chi connectivity index (χ2n) is 8.86. The highest BCUT2D eigenvalue weighted by Crippen LogP contribution is 2.37. The highest BCUT2D eigenvalue weighted by molar-refractivity contribution is 7.10. The molecule has 172 valence electrons. The molecule has 33 heavy (non-hydrogen) atoms. The van der Waals surface area contributed by atoms with Crippen LogP contribution in [0.5, 0.6) is 0 Å². The Balaban J connectivity index is 1.24. The molecular weight excluding hydrogens is 450 g/mol. The fraction of sp³-hybridized carbons (Fsp3) is 0.385. The SMILES string of the molecule is C[C@H]1CN(C(=O)CN2CCc3sccc3[C@H]2c2ccccc2)CCN1C(=O)Cc1cccs1. The number of carbonyl (C=O) groups is 2. The molecule has 2 amide bonds. The van der Waals surface area contributed by atoms with E-state index in [-0.39, 0.29) is 23.9 Å². The summed E-state index contributed by atoms with van der Waals surface area (Å²) in [4.78, 5) is 34.9. The fourth-order valence-corrected chi connectivity index (χ4v) is 6.66. The van der Waals surface area contributed by atoms with Crippen LogP contribution in [0.3, 0.4) is 0 Å². The maximum atomic E-state index is 13.4. The minimum atomic E-state index is 0.0323. The average molecular weight is 480 g/mol. The lowest BCUT2D eigenvalue weighted by Crippen LogP contribution is -2.57. The van der Waals surface area contributed by atoms with Gasteiger partial charge in [-0.05, 0) is 47.4 Å². The quantitative estimate of drug-likeness (QED) is 0.554. The molecule has 1 fully saturated rings. The van der Waals surface area contributed by atoms with E-state index in [0.29, 0.717) is 32.6 Å². The fourth-order valence-electron chi connectivity index (χ4n) is 5.06. The molecule has 5 nitrogen and oxygen atoms in total. The van der Waals surface area contributed by atoms with Crippen molar-refractivity contribution in [1.82, 2.24) is 14.7 Å². The van der Waals surface area contributed by atoms with Gasteiger partial charge in [-0.15, -0.1) is 22.7 Å². The molecule has 0 N–H and O–H groups in total. The van der Waals surface area contributed by atoms with Crippen LogP contribution in [0.15, 0.2) is 59.3 Å². The smallest absolute Gasteiger partial charge is 0.236 e. The van der Waals surface area contributed by atoms with E-state index < -0.39 is 0 Å². The van der Waals surface area contributed by atoms with Crippen LogP contribution in [0, 0.1) is 0 Å². The highest BCUT2D eigenvalue weighted by Gasteiger charge is 2.34. The third-order valence-corrected chi connectivity index (χ3v) is 8.60. The van der Waals surface area contributed by atoms with E-state index in [1.807, 2.05) is 44.7 Å². The van der Waals surface area contributed by atoms with Crippen molar-refractivity contribution in [2.24, 2.45) is 0 Å². The lowest BCUT2D eigenvalue weighted by molar-refractivity contribution is -0.143. The number of hydrogen-bond donors (Lipinski definition) is 0. The zero-order valence-electron chi connectivity index (χ0n) is 18.9. The first-order chi connectivity index (χ1) is 16.1. The van der Waals surface area contributed by atoms with Crippen molar-refractivity contribution >= 4 is 34.5 Å². The van der Waals surface area contributed by atoms with Gasteiger partial charge in [0.05, 0.1) is 19.0 Å². The first-order valence-corrected chi connectivity index (χ1v) is 13.3. The maximum Gasteiger partial charge on any atom is 0.236 e. The molecular formula is C26H29N3O2S2. The summed E-state index contributed by atoms with van der Waals surface area (Å²) in [6.45, 7) is 5.15. The molecule has 0 radical (unpaired) electrons. The predicted octanol–water partition coefficient (Wildman–Crippen LogP) is 4.06. The minimum Gasteiger partial charge on any atom is -0.338 e. The van der Waals surface area contributed by atoms with Crippen LogP contribution < -0.4 is 0 Å². The molecule has 7 heteroatoms. The topological polar surface area (TPSA) is 43.9 Å². The number of thiophene rings is 2. The number of nitrogens with zero attached hydrogens (tertiary/aromatic N) is 3. The predicted molar refractivity (Wildman–Crippen MR) is 134 cm³/mol. The summed E-state index contributed by atoms with van der Waals surface area (Å²) < 4.78 is 0. The van der Waals surface area contributed by atoms with Gasteiger partial charge in [0, 0.05) is 42.0 Å². The summed E-state index contributed by atoms with van der Waals surface area (Å²) in [5, 5.41) is 4.17. The second-order valence-corrected chi connectivity index (χ2v) is 10.9. The van der Waals surface area contributed by atoms with E-state index in [0.717, 1.165) is 17.8 Å². The molecule has 5 rings (SSSR count). The van der Waals surface area contributed by atoms with E-state index in [9.17, 15) is 9.59 Å². The normalized spacial score (nSPS) is 21.1. The number of hydrogen-bond acceptors (Lipinski definition) is 5.